The minimum absolute atomic E-state index is 0.150. The third-order valence-corrected chi connectivity index (χ3v) is 5.79. The number of anilines is 2. The second-order valence-electron chi connectivity index (χ2n) is 8.67. The molecule has 3 aromatic rings. The summed E-state index contributed by atoms with van der Waals surface area (Å²) in [5, 5.41) is 7.35. The van der Waals surface area contributed by atoms with Gasteiger partial charge in [-0.05, 0) is 37.9 Å². The lowest BCUT2D eigenvalue weighted by molar-refractivity contribution is -0.153. The Morgan fingerprint density at radius 3 is 2.71 bits per heavy atom. The van der Waals surface area contributed by atoms with Gasteiger partial charge in [0.1, 0.15) is 5.69 Å². The normalized spacial score (nSPS) is 12.3. The highest BCUT2D eigenvalue weighted by molar-refractivity contribution is 5.97. The van der Waals surface area contributed by atoms with Gasteiger partial charge in [-0.25, -0.2) is 0 Å². The van der Waals surface area contributed by atoms with Crippen molar-refractivity contribution in [2.45, 2.75) is 19.5 Å². The number of hydrogen-bond acceptors (Lipinski definition) is 7. The van der Waals surface area contributed by atoms with Gasteiger partial charge in [0, 0.05) is 63.1 Å². The zero-order valence-electron chi connectivity index (χ0n) is 22.1. The molecular formula is C27H34F3N7O. The second-order valence-corrected chi connectivity index (χ2v) is 8.67. The molecule has 11 heteroatoms. The Labute approximate surface area is 220 Å². The number of ether oxygens (including phenoxy) is 1. The average Bonchev–Trinajstić information content (AvgIpc) is 3.23. The molecule has 0 bridgehead atoms. The summed E-state index contributed by atoms with van der Waals surface area (Å²) in [6.07, 6.45) is 1.54. The van der Waals surface area contributed by atoms with Crippen LogP contribution in [0.3, 0.4) is 0 Å². The molecule has 0 saturated carbocycles. The minimum Gasteiger partial charge on any atom is -0.466 e. The minimum atomic E-state index is -4.52. The van der Waals surface area contributed by atoms with E-state index >= 15 is 0 Å². The van der Waals surface area contributed by atoms with Crippen LogP contribution in [0, 0.1) is 0 Å². The highest BCUT2D eigenvalue weighted by Crippen LogP contribution is 2.36. The summed E-state index contributed by atoms with van der Waals surface area (Å²) >= 11 is 0. The molecule has 1 aromatic carbocycles. The first-order valence-corrected chi connectivity index (χ1v) is 12.3. The third-order valence-electron chi connectivity index (χ3n) is 5.79. The third kappa shape index (κ3) is 7.34. The van der Waals surface area contributed by atoms with Gasteiger partial charge < -0.3 is 24.8 Å². The van der Waals surface area contributed by atoms with E-state index in [0.717, 1.165) is 29.4 Å². The lowest BCUT2D eigenvalue weighted by Gasteiger charge is -2.23. The lowest BCUT2D eigenvalue weighted by Crippen LogP contribution is -2.30. The SMILES string of the molecule is C=N/C(=C\C=N/c1cc(NC)c(N(C)CCNCCC)nc1OCC(F)(F)F)c1cn(C)c2ccccc12. The van der Waals surface area contributed by atoms with Crippen molar-refractivity contribution in [1.29, 1.82) is 0 Å². The number of aliphatic imine (C=N–C) groups is 2. The van der Waals surface area contributed by atoms with Crippen molar-refractivity contribution < 1.29 is 17.9 Å². The van der Waals surface area contributed by atoms with Crippen LogP contribution in [0.4, 0.5) is 30.4 Å². The fraction of sp³-hybridized carbons (Fsp3) is 0.370. The number of aryl methyl sites for hydroxylation is 1. The van der Waals surface area contributed by atoms with Crippen LogP contribution in [-0.2, 0) is 7.05 Å². The molecule has 2 N–H and O–H groups in total. The Bertz CT molecular complexity index is 1300. The van der Waals surface area contributed by atoms with Gasteiger partial charge in [0.25, 0.3) is 0 Å². The number of halogens is 3. The molecule has 3 rings (SSSR count). The molecule has 2 aromatic heterocycles. The van der Waals surface area contributed by atoms with Gasteiger partial charge in [-0.15, -0.1) is 0 Å². The van der Waals surface area contributed by atoms with E-state index in [2.05, 4.69) is 39.2 Å². The van der Waals surface area contributed by atoms with E-state index in [-0.39, 0.29) is 11.6 Å². The number of benzene rings is 1. The average molecular weight is 530 g/mol. The van der Waals surface area contributed by atoms with Crippen LogP contribution in [0.15, 0.2) is 52.6 Å². The van der Waals surface area contributed by atoms with Crippen LogP contribution in [0.1, 0.15) is 18.9 Å². The van der Waals surface area contributed by atoms with E-state index in [1.165, 1.54) is 6.21 Å². The van der Waals surface area contributed by atoms with Crippen LogP contribution in [0.2, 0.25) is 0 Å². The van der Waals surface area contributed by atoms with E-state index in [1.54, 1.807) is 19.2 Å². The molecule has 0 atom stereocenters. The van der Waals surface area contributed by atoms with E-state index in [9.17, 15) is 13.2 Å². The van der Waals surface area contributed by atoms with Crippen LogP contribution in [0.25, 0.3) is 16.6 Å². The first kappa shape index (κ1) is 28.7. The van der Waals surface area contributed by atoms with Crippen molar-refractivity contribution >= 4 is 46.7 Å². The predicted molar refractivity (Wildman–Crippen MR) is 150 cm³/mol. The summed E-state index contributed by atoms with van der Waals surface area (Å²) in [5.74, 6) is 0.245. The summed E-state index contributed by atoms with van der Waals surface area (Å²) in [7, 11) is 5.48. The molecule has 204 valence electrons. The molecule has 0 amide bonds. The highest BCUT2D eigenvalue weighted by atomic mass is 19.4. The first-order valence-electron chi connectivity index (χ1n) is 12.3. The van der Waals surface area contributed by atoms with E-state index in [4.69, 9.17) is 4.74 Å². The largest absolute Gasteiger partial charge is 0.466 e. The summed E-state index contributed by atoms with van der Waals surface area (Å²) in [4.78, 5) is 14.8. The molecule has 8 nitrogen and oxygen atoms in total. The van der Waals surface area contributed by atoms with Crippen molar-refractivity contribution in [3.05, 3.63) is 48.2 Å². The lowest BCUT2D eigenvalue weighted by atomic mass is 10.1. The quantitative estimate of drug-likeness (QED) is 0.228. The van der Waals surface area contributed by atoms with Crippen molar-refractivity contribution in [3.63, 3.8) is 0 Å². The van der Waals surface area contributed by atoms with Crippen LogP contribution in [-0.4, -0.2) is 69.0 Å². The van der Waals surface area contributed by atoms with Gasteiger partial charge >= 0.3 is 6.18 Å². The predicted octanol–water partition coefficient (Wildman–Crippen LogP) is 5.44. The van der Waals surface area contributed by atoms with Crippen molar-refractivity contribution in [2.75, 3.05) is 50.6 Å². The fourth-order valence-electron chi connectivity index (χ4n) is 3.92. The summed E-state index contributed by atoms with van der Waals surface area (Å²) < 4.78 is 46.0. The van der Waals surface area contributed by atoms with Gasteiger partial charge in [0.15, 0.2) is 12.4 Å². The maximum absolute atomic E-state index is 13.0. The number of nitrogens with zero attached hydrogens (tertiary/aromatic N) is 5. The van der Waals surface area contributed by atoms with Gasteiger partial charge in [-0.2, -0.15) is 18.2 Å². The van der Waals surface area contributed by atoms with Gasteiger partial charge in [-0.3, -0.25) is 9.98 Å². The fourth-order valence-corrected chi connectivity index (χ4v) is 3.92. The zero-order valence-corrected chi connectivity index (χ0v) is 22.1. The molecule has 0 saturated heterocycles. The summed E-state index contributed by atoms with van der Waals surface area (Å²) in [5.41, 5.74) is 3.22. The van der Waals surface area contributed by atoms with Crippen LogP contribution >= 0.6 is 0 Å². The summed E-state index contributed by atoms with van der Waals surface area (Å²) in [6.45, 7) is 6.45. The molecule has 0 unspecified atom stereocenters. The molecule has 2 heterocycles. The topological polar surface area (TPSA) is 79.1 Å². The number of nitrogens with one attached hydrogen (secondary N) is 2. The number of rotatable bonds is 13. The molecule has 0 aliphatic carbocycles. The maximum Gasteiger partial charge on any atom is 0.422 e. The maximum atomic E-state index is 13.0. The Balaban J connectivity index is 1.96. The molecule has 0 aliphatic rings. The summed E-state index contributed by atoms with van der Waals surface area (Å²) in [6, 6.07) is 9.50. The van der Waals surface area contributed by atoms with Gasteiger partial charge in [-0.1, -0.05) is 25.1 Å². The highest BCUT2D eigenvalue weighted by Gasteiger charge is 2.29. The van der Waals surface area contributed by atoms with Crippen LogP contribution in [0.5, 0.6) is 5.88 Å². The Morgan fingerprint density at radius 2 is 2.03 bits per heavy atom. The molecular weight excluding hydrogens is 495 g/mol. The Hall–Kier alpha value is -3.86. The first-order chi connectivity index (χ1) is 18.2. The number of hydrogen-bond donors (Lipinski definition) is 2. The smallest absolute Gasteiger partial charge is 0.422 e. The number of alkyl halides is 3. The van der Waals surface area contributed by atoms with E-state index in [1.807, 2.05) is 54.0 Å². The molecule has 0 radical (unpaired) electrons. The zero-order chi connectivity index (χ0) is 27.7. The standard InChI is InChI=1S/C27H34F3N7O/c1-6-12-33-14-15-36(4)25-22(32-3)16-23(26(35-25)38-18-27(28,29)30)34-13-11-21(31-2)20-17-37(5)24-10-8-7-9-19(20)24/h7-11,13,16-17,32-33H,2,6,12,14-15,18H2,1,3-5H3/b21-11-,34-13-. The number of para-hydroxylation sites is 1. The van der Waals surface area contributed by atoms with E-state index in [0.29, 0.717) is 30.3 Å². The van der Waals surface area contributed by atoms with Crippen molar-refractivity contribution in [2.24, 2.45) is 17.0 Å². The Kier molecular flexibility index (Phi) is 9.89. The second kappa shape index (κ2) is 13.1. The van der Waals surface area contributed by atoms with Gasteiger partial charge in [0.2, 0.25) is 5.88 Å². The van der Waals surface area contributed by atoms with Crippen molar-refractivity contribution in [3.8, 4) is 5.88 Å². The molecule has 38 heavy (non-hydrogen) atoms. The van der Waals surface area contributed by atoms with E-state index < -0.39 is 12.8 Å². The monoisotopic (exact) mass is 529 g/mol. The van der Waals surface area contributed by atoms with Crippen LogP contribution < -0.4 is 20.3 Å². The molecule has 0 spiro atoms. The van der Waals surface area contributed by atoms with Crippen molar-refractivity contribution in [1.82, 2.24) is 14.9 Å². The number of fused-ring (bicyclic) bond motifs is 1. The number of allylic oxidation sites excluding steroid dienone is 1. The number of likely N-dealkylation sites (N-methyl/N-ethyl adjacent to an activating group) is 1. The Morgan fingerprint density at radius 1 is 1.26 bits per heavy atom. The number of pyridine rings is 1. The number of aromatic nitrogens is 2. The molecule has 0 aliphatic heterocycles. The molecule has 0 fully saturated rings. The van der Waals surface area contributed by atoms with Gasteiger partial charge in [0.05, 0.1) is 11.4 Å².